The van der Waals surface area contributed by atoms with Gasteiger partial charge in [-0.3, -0.25) is 4.79 Å². The summed E-state index contributed by atoms with van der Waals surface area (Å²) in [4.78, 5) is 22.5. The molecule has 154 valence electrons. The number of aromatic nitrogens is 2. The number of hydrogen-bond acceptors (Lipinski definition) is 7. The first-order chi connectivity index (χ1) is 15.2. The molecule has 31 heavy (non-hydrogen) atoms. The molecule has 0 unspecified atom stereocenters. The molecule has 0 saturated heterocycles. The number of amides is 1. The molecule has 1 amide bonds. The first kappa shape index (κ1) is 20.8. The van der Waals surface area contributed by atoms with Crippen LogP contribution in [0.3, 0.4) is 0 Å². The van der Waals surface area contributed by atoms with Gasteiger partial charge in [0.25, 0.3) is 5.91 Å². The van der Waals surface area contributed by atoms with E-state index in [9.17, 15) is 9.18 Å². The van der Waals surface area contributed by atoms with Crippen molar-refractivity contribution < 1.29 is 13.9 Å². The van der Waals surface area contributed by atoms with Gasteiger partial charge in [-0.25, -0.2) is 14.4 Å². The minimum Gasteiger partial charge on any atom is -0.467 e. The monoisotopic (exact) mass is 450 g/mol. The maximum Gasteiger partial charge on any atom is 0.262 e. The number of nitrogens with zero attached hydrogens (tertiary/aromatic N) is 3. The molecule has 0 spiro atoms. The van der Waals surface area contributed by atoms with Gasteiger partial charge in [-0.1, -0.05) is 24.3 Å². The number of thioether (sulfide) groups is 1. The lowest BCUT2D eigenvalue weighted by Gasteiger charge is -2.11. The number of thiophene rings is 1. The molecule has 0 radical (unpaired) electrons. The van der Waals surface area contributed by atoms with Crippen LogP contribution in [-0.4, -0.2) is 28.2 Å². The summed E-state index contributed by atoms with van der Waals surface area (Å²) in [6, 6.07) is 15.5. The van der Waals surface area contributed by atoms with Crippen molar-refractivity contribution in [3.05, 3.63) is 66.1 Å². The number of anilines is 1. The summed E-state index contributed by atoms with van der Waals surface area (Å²) in [5.41, 5.74) is 2.24. The van der Waals surface area contributed by atoms with Crippen molar-refractivity contribution in [1.29, 1.82) is 5.26 Å². The number of halogens is 1. The van der Waals surface area contributed by atoms with Crippen LogP contribution >= 0.6 is 23.1 Å². The third-order valence-corrected chi connectivity index (χ3v) is 6.11. The largest absolute Gasteiger partial charge is 0.467 e. The van der Waals surface area contributed by atoms with E-state index in [0.717, 1.165) is 16.0 Å². The minimum atomic E-state index is -0.352. The Morgan fingerprint density at radius 3 is 2.81 bits per heavy atom. The Morgan fingerprint density at radius 2 is 2.00 bits per heavy atom. The van der Waals surface area contributed by atoms with Gasteiger partial charge in [0.1, 0.15) is 17.0 Å². The lowest BCUT2D eigenvalue weighted by molar-refractivity contribution is -0.118. The molecule has 0 atom stereocenters. The number of carbonyl (C=O) groups is 1. The van der Waals surface area contributed by atoms with E-state index < -0.39 is 0 Å². The molecule has 4 rings (SSSR count). The van der Waals surface area contributed by atoms with Crippen LogP contribution in [0.1, 0.15) is 0 Å². The van der Waals surface area contributed by atoms with Crippen LogP contribution in [0.25, 0.3) is 21.3 Å². The van der Waals surface area contributed by atoms with Crippen LogP contribution in [0.15, 0.2) is 65.1 Å². The van der Waals surface area contributed by atoms with Crippen molar-refractivity contribution in [2.24, 2.45) is 0 Å². The smallest absolute Gasteiger partial charge is 0.262 e. The molecule has 0 bridgehead atoms. The highest BCUT2D eigenvalue weighted by Crippen LogP contribution is 2.37. The number of benzene rings is 2. The average molecular weight is 451 g/mol. The van der Waals surface area contributed by atoms with Gasteiger partial charge < -0.3 is 10.1 Å². The van der Waals surface area contributed by atoms with E-state index in [1.165, 1.54) is 41.6 Å². The van der Waals surface area contributed by atoms with Crippen molar-refractivity contribution in [2.75, 3.05) is 17.7 Å². The van der Waals surface area contributed by atoms with Crippen LogP contribution in [-0.2, 0) is 4.79 Å². The summed E-state index contributed by atoms with van der Waals surface area (Å²) in [5, 5.41) is 14.2. The highest BCUT2D eigenvalue weighted by Gasteiger charge is 2.16. The van der Waals surface area contributed by atoms with Gasteiger partial charge in [0.15, 0.2) is 6.61 Å². The van der Waals surface area contributed by atoms with Gasteiger partial charge in [-0.15, -0.1) is 23.1 Å². The Morgan fingerprint density at radius 1 is 1.19 bits per heavy atom. The number of fused-ring (bicyclic) bond motifs is 1. The van der Waals surface area contributed by atoms with E-state index in [0.29, 0.717) is 15.9 Å². The molecular weight excluding hydrogens is 435 g/mol. The van der Waals surface area contributed by atoms with Crippen molar-refractivity contribution >= 4 is 44.9 Å². The summed E-state index contributed by atoms with van der Waals surface area (Å²) in [6.45, 7) is -0.248. The maximum absolute atomic E-state index is 13.3. The van der Waals surface area contributed by atoms with Gasteiger partial charge in [0.2, 0.25) is 5.88 Å². The first-order valence-electron chi connectivity index (χ1n) is 9.15. The van der Waals surface area contributed by atoms with E-state index in [-0.39, 0.29) is 30.0 Å². The number of hydrogen-bond donors (Lipinski definition) is 1. The van der Waals surface area contributed by atoms with Crippen molar-refractivity contribution in [2.45, 2.75) is 4.90 Å². The molecule has 1 N–H and O–H groups in total. The van der Waals surface area contributed by atoms with Crippen LogP contribution in [0, 0.1) is 17.1 Å². The number of carbonyl (C=O) groups excluding carboxylic acids is 1. The molecule has 0 aliphatic rings. The molecular formula is C22H15FN4O2S2. The second-order valence-electron chi connectivity index (χ2n) is 6.30. The van der Waals surface area contributed by atoms with Crippen molar-refractivity contribution in [3.8, 4) is 23.1 Å². The van der Waals surface area contributed by atoms with Crippen LogP contribution in [0.4, 0.5) is 10.1 Å². The predicted molar refractivity (Wildman–Crippen MR) is 120 cm³/mol. The van der Waals surface area contributed by atoms with E-state index in [1.807, 2.05) is 17.5 Å². The third-order valence-electron chi connectivity index (χ3n) is 4.28. The zero-order valence-electron chi connectivity index (χ0n) is 16.0. The highest BCUT2D eigenvalue weighted by atomic mass is 32.2. The maximum atomic E-state index is 13.3. The van der Waals surface area contributed by atoms with Crippen molar-refractivity contribution in [3.63, 3.8) is 0 Å². The molecule has 9 heteroatoms. The Labute approximate surface area is 185 Å². The molecule has 0 aliphatic heterocycles. The van der Waals surface area contributed by atoms with E-state index in [1.54, 1.807) is 24.3 Å². The molecule has 0 aliphatic carbocycles. The highest BCUT2D eigenvalue weighted by molar-refractivity contribution is 7.99. The fourth-order valence-corrected chi connectivity index (χ4v) is 4.50. The lowest BCUT2D eigenvalue weighted by Crippen LogP contribution is -2.21. The number of rotatable bonds is 7. The average Bonchev–Trinajstić information content (AvgIpc) is 3.22. The number of para-hydroxylation sites is 1. The van der Waals surface area contributed by atoms with E-state index in [2.05, 4.69) is 21.4 Å². The number of ether oxygens (including phenoxy) is 1. The zero-order chi connectivity index (χ0) is 21.6. The summed E-state index contributed by atoms with van der Waals surface area (Å²) >= 11 is 2.76. The first-order valence-corrected chi connectivity index (χ1v) is 11.0. The Hall–Kier alpha value is -3.48. The second kappa shape index (κ2) is 9.55. The van der Waals surface area contributed by atoms with Crippen LogP contribution in [0.5, 0.6) is 5.88 Å². The topological polar surface area (TPSA) is 87.9 Å². The Bertz CT molecular complexity index is 1270. The quantitative estimate of drug-likeness (QED) is 0.393. The molecule has 0 saturated carbocycles. The second-order valence-corrected chi connectivity index (χ2v) is 8.17. The normalized spacial score (nSPS) is 10.6. The summed E-state index contributed by atoms with van der Waals surface area (Å²) in [5.74, 6) is -0.101. The van der Waals surface area contributed by atoms with E-state index in [4.69, 9.17) is 10.00 Å². The molecule has 2 heterocycles. The minimum absolute atomic E-state index is 0.248. The predicted octanol–water partition coefficient (Wildman–Crippen LogP) is 5.13. The summed E-state index contributed by atoms with van der Waals surface area (Å²) in [6.07, 6.45) is 1.38. The van der Waals surface area contributed by atoms with Gasteiger partial charge in [-0.05, 0) is 29.8 Å². The molecule has 6 nitrogen and oxygen atoms in total. The van der Waals surface area contributed by atoms with Gasteiger partial charge in [-0.2, -0.15) is 5.26 Å². The fourth-order valence-electron chi connectivity index (χ4n) is 2.93. The van der Waals surface area contributed by atoms with Crippen LogP contribution in [0.2, 0.25) is 0 Å². The molecule has 2 aromatic heterocycles. The van der Waals surface area contributed by atoms with Gasteiger partial charge >= 0.3 is 0 Å². The fraction of sp³-hybridized carbons (Fsp3) is 0.0909. The molecule has 4 aromatic rings. The number of nitriles is 1. The summed E-state index contributed by atoms with van der Waals surface area (Å²) < 4.78 is 19.0. The van der Waals surface area contributed by atoms with E-state index >= 15 is 0 Å². The number of nitrogens with one attached hydrogen (secondary N) is 1. The Balaban J connectivity index is 1.52. The van der Waals surface area contributed by atoms with Crippen molar-refractivity contribution in [1.82, 2.24) is 9.97 Å². The Kier molecular flexibility index (Phi) is 6.40. The summed E-state index contributed by atoms with van der Waals surface area (Å²) in [7, 11) is 0. The van der Waals surface area contributed by atoms with Gasteiger partial charge in [0.05, 0.1) is 22.9 Å². The zero-order valence-corrected chi connectivity index (χ0v) is 17.7. The SMILES string of the molecule is N#CCSc1ccccc1NC(=O)COc1ncnc2scc(-c3ccc(F)cc3)c12. The third kappa shape index (κ3) is 4.82. The molecule has 2 aromatic carbocycles. The van der Waals surface area contributed by atoms with Crippen LogP contribution < -0.4 is 10.1 Å². The molecule has 0 fully saturated rings. The lowest BCUT2D eigenvalue weighted by atomic mass is 10.1. The standard InChI is InChI=1S/C22H15FN4O2S2/c23-15-7-5-14(6-8-15)16-12-31-22-20(16)21(25-13-26-22)29-11-19(28)27-17-3-1-2-4-18(17)30-10-9-24/h1-8,12-13H,10-11H2,(H,27,28). The van der Waals surface area contributed by atoms with Gasteiger partial charge in [0, 0.05) is 15.8 Å².